The molecule has 0 radical (unpaired) electrons. The second kappa shape index (κ2) is 4.15. The Morgan fingerprint density at radius 3 is 2.50 bits per heavy atom. The third-order valence-electron chi connectivity index (χ3n) is 1.58. The Bertz CT molecular complexity index is 222. The maximum atomic E-state index is 11.3. The van der Waals surface area contributed by atoms with Crippen LogP contribution < -0.4 is 10.5 Å². The van der Waals surface area contributed by atoms with Gasteiger partial charge in [-0.25, -0.2) is 0 Å². The molecule has 0 aromatic heterocycles. The molecule has 0 bridgehead atoms. The molecule has 7 heteroatoms. The molecule has 0 aliphatic carbocycles. The van der Waals surface area contributed by atoms with Crippen molar-refractivity contribution in [1.29, 1.82) is 0 Å². The first kappa shape index (κ1) is 9.87. The zero-order chi connectivity index (χ0) is 9.03. The van der Waals surface area contributed by atoms with Gasteiger partial charge in [0.05, 0.1) is 19.9 Å². The van der Waals surface area contributed by atoms with Gasteiger partial charge < -0.3 is 10.5 Å². The van der Waals surface area contributed by atoms with E-state index < -0.39 is 10.2 Å². The molecular formula is C5H13N3O3S. The van der Waals surface area contributed by atoms with E-state index in [1.807, 2.05) is 0 Å². The van der Waals surface area contributed by atoms with Crippen molar-refractivity contribution >= 4 is 10.2 Å². The molecule has 0 spiro atoms. The molecule has 6 nitrogen and oxygen atoms in total. The minimum atomic E-state index is -3.36. The molecule has 1 saturated heterocycles. The van der Waals surface area contributed by atoms with Crippen LogP contribution >= 0.6 is 0 Å². The lowest BCUT2D eigenvalue weighted by Gasteiger charge is -2.25. The molecule has 1 fully saturated rings. The average Bonchev–Trinajstić information content (AvgIpc) is 2.06. The highest BCUT2D eigenvalue weighted by atomic mass is 32.2. The third-order valence-corrected chi connectivity index (χ3v) is 3.15. The lowest BCUT2D eigenvalue weighted by Crippen LogP contribution is -2.47. The molecule has 0 aromatic carbocycles. The standard InChI is InChI=1S/C5H13N3O3S/c6-5-7-12(9,10)8-1-3-11-4-2-8/h7H,1-6H2. The quantitative estimate of drug-likeness (QED) is 0.514. The summed E-state index contributed by atoms with van der Waals surface area (Å²) in [5.41, 5.74) is 5.07. The van der Waals surface area contributed by atoms with E-state index in [9.17, 15) is 8.42 Å². The van der Waals surface area contributed by atoms with Gasteiger partial charge in [0.25, 0.3) is 10.2 Å². The fourth-order valence-electron chi connectivity index (χ4n) is 0.984. The van der Waals surface area contributed by atoms with E-state index in [0.717, 1.165) is 0 Å². The van der Waals surface area contributed by atoms with E-state index in [2.05, 4.69) is 4.72 Å². The highest BCUT2D eigenvalue weighted by Crippen LogP contribution is 2.01. The molecule has 72 valence electrons. The number of nitrogens with two attached hydrogens (primary N) is 1. The van der Waals surface area contributed by atoms with Crippen LogP contribution in [0.1, 0.15) is 0 Å². The summed E-state index contributed by atoms with van der Waals surface area (Å²) in [6.07, 6.45) is 0. The van der Waals surface area contributed by atoms with Crippen molar-refractivity contribution < 1.29 is 13.2 Å². The molecule has 0 unspecified atom stereocenters. The number of nitrogens with zero attached hydrogens (tertiary/aromatic N) is 1. The Balaban J connectivity index is 2.54. The van der Waals surface area contributed by atoms with Crippen molar-refractivity contribution in [2.45, 2.75) is 0 Å². The Hall–Kier alpha value is -0.210. The second-order valence-corrected chi connectivity index (χ2v) is 4.12. The van der Waals surface area contributed by atoms with Gasteiger partial charge in [0.1, 0.15) is 0 Å². The van der Waals surface area contributed by atoms with Crippen molar-refractivity contribution in [2.75, 3.05) is 33.0 Å². The van der Waals surface area contributed by atoms with Gasteiger partial charge in [0, 0.05) is 13.1 Å². The van der Waals surface area contributed by atoms with Crippen LogP contribution in [0.4, 0.5) is 0 Å². The topological polar surface area (TPSA) is 84.7 Å². The minimum absolute atomic E-state index is 0.0698. The van der Waals surface area contributed by atoms with Crippen LogP contribution in [-0.4, -0.2) is 45.7 Å². The summed E-state index contributed by atoms with van der Waals surface area (Å²) in [6, 6.07) is 0. The molecule has 12 heavy (non-hydrogen) atoms. The summed E-state index contributed by atoms with van der Waals surface area (Å²) in [7, 11) is -3.36. The van der Waals surface area contributed by atoms with Gasteiger partial charge in [-0.1, -0.05) is 0 Å². The maximum Gasteiger partial charge on any atom is 0.280 e. The summed E-state index contributed by atoms with van der Waals surface area (Å²) < 4.78 is 31.1. The highest BCUT2D eigenvalue weighted by Gasteiger charge is 2.22. The van der Waals surface area contributed by atoms with Crippen LogP contribution in [0.2, 0.25) is 0 Å². The highest BCUT2D eigenvalue weighted by molar-refractivity contribution is 7.87. The molecule has 0 amide bonds. The van der Waals surface area contributed by atoms with Crippen molar-refractivity contribution in [3.05, 3.63) is 0 Å². The van der Waals surface area contributed by atoms with Crippen molar-refractivity contribution in [3.8, 4) is 0 Å². The van der Waals surface area contributed by atoms with Crippen LogP contribution in [0.15, 0.2) is 0 Å². The van der Waals surface area contributed by atoms with E-state index in [1.165, 1.54) is 4.31 Å². The predicted molar refractivity (Wildman–Crippen MR) is 43.5 cm³/mol. The number of hydrogen-bond donors (Lipinski definition) is 2. The minimum Gasteiger partial charge on any atom is -0.379 e. The molecule has 3 N–H and O–H groups in total. The Kier molecular flexibility index (Phi) is 3.41. The molecule has 1 aliphatic rings. The van der Waals surface area contributed by atoms with Crippen LogP contribution in [0.25, 0.3) is 0 Å². The van der Waals surface area contributed by atoms with Gasteiger partial charge in [-0.2, -0.15) is 17.4 Å². The fraction of sp³-hybridized carbons (Fsp3) is 1.00. The van der Waals surface area contributed by atoms with Crippen LogP contribution in [0.3, 0.4) is 0 Å². The number of nitrogens with one attached hydrogen (secondary N) is 1. The normalized spacial score (nSPS) is 21.1. The Morgan fingerprint density at radius 1 is 1.42 bits per heavy atom. The SMILES string of the molecule is NCNS(=O)(=O)N1CCOCC1. The summed E-state index contributed by atoms with van der Waals surface area (Å²) >= 11 is 0. The Morgan fingerprint density at radius 2 is 2.00 bits per heavy atom. The molecule has 1 heterocycles. The first-order valence-electron chi connectivity index (χ1n) is 3.69. The van der Waals surface area contributed by atoms with E-state index in [1.54, 1.807) is 0 Å². The monoisotopic (exact) mass is 195 g/mol. The predicted octanol–water partition coefficient (Wildman–Crippen LogP) is -1.93. The van der Waals surface area contributed by atoms with E-state index >= 15 is 0 Å². The van der Waals surface area contributed by atoms with Gasteiger partial charge in [-0.15, -0.1) is 0 Å². The smallest absolute Gasteiger partial charge is 0.280 e. The van der Waals surface area contributed by atoms with Crippen LogP contribution in [0, 0.1) is 0 Å². The van der Waals surface area contributed by atoms with Gasteiger partial charge in [0.15, 0.2) is 0 Å². The van der Waals surface area contributed by atoms with Crippen molar-refractivity contribution in [2.24, 2.45) is 5.73 Å². The summed E-state index contributed by atoms with van der Waals surface area (Å²) in [4.78, 5) is 0. The molecular weight excluding hydrogens is 182 g/mol. The van der Waals surface area contributed by atoms with Crippen molar-refractivity contribution in [3.63, 3.8) is 0 Å². The first-order chi connectivity index (χ1) is 5.67. The summed E-state index contributed by atoms with van der Waals surface area (Å²) in [6.45, 7) is 1.63. The van der Waals surface area contributed by atoms with Gasteiger partial charge in [0.2, 0.25) is 0 Å². The lowest BCUT2D eigenvalue weighted by atomic mass is 10.5. The molecule has 0 atom stereocenters. The number of rotatable bonds is 3. The second-order valence-electron chi connectivity index (χ2n) is 2.36. The van der Waals surface area contributed by atoms with Crippen LogP contribution in [0.5, 0.6) is 0 Å². The lowest BCUT2D eigenvalue weighted by molar-refractivity contribution is 0.0725. The molecule has 0 saturated carbocycles. The zero-order valence-corrected chi connectivity index (χ0v) is 7.51. The molecule has 1 rings (SSSR count). The molecule has 1 aliphatic heterocycles. The van der Waals surface area contributed by atoms with Gasteiger partial charge in [-0.3, -0.25) is 0 Å². The third kappa shape index (κ3) is 2.39. The van der Waals surface area contributed by atoms with Crippen LogP contribution in [-0.2, 0) is 14.9 Å². The van der Waals surface area contributed by atoms with Gasteiger partial charge >= 0.3 is 0 Å². The maximum absolute atomic E-state index is 11.3. The van der Waals surface area contributed by atoms with E-state index in [-0.39, 0.29) is 6.67 Å². The van der Waals surface area contributed by atoms with Crippen molar-refractivity contribution in [1.82, 2.24) is 9.03 Å². The zero-order valence-electron chi connectivity index (χ0n) is 6.69. The summed E-state index contributed by atoms with van der Waals surface area (Å²) in [5, 5.41) is 0. The van der Waals surface area contributed by atoms with E-state index in [0.29, 0.717) is 26.3 Å². The number of morpholine rings is 1. The number of ether oxygens (including phenoxy) is 1. The fourth-order valence-corrected chi connectivity index (χ4v) is 2.01. The van der Waals surface area contributed by atoms with E-state index in [4.69, 9.17) is 10.5 Å². The summed E-state index contributed by atoms with van der Waals surface area (Å²) in [5.74, 6) is 0. The Labute approximate surface area is 71.9 Å². The van der Waals surface area contributed by atoms with Gasteiger partial charge in [-0.05, 0) is 0 Å². The first-order valence-corrected chi connectivity index (χ1v) is 5.13. The average molecular weight is 195 g/mol. The largest absolute Gasteiger partial charge is 0.379 e. The number of hydrogen-bond acceptors (Lipinski definition) is 4. The molecule has 0 aromatic rings.